The molecular formula is C15H13N3O2S. The van der Waals surface area contributed by atoms with E-state index in [4.69, 9.17) is 0 Å². The average molecular weight is 299 g/mol. The molecule has 6 heteroatoms. The van der Waals surface area contributed by atoms with Crippen LogP contribution in [0.4, 0.5) is 11.4 Å². The highest BCUT2D eigenvalue weighted by Crippen LogP contribution is 2.32. The molecule has 0 unspecified atom stereocenters. The van der Waals surface area contributed by atoms with Crippen molar-refractivity contribution in [2.45, 2.75) is 13.5 Å². The van der Waals surface area contributed by atoms with Crippen molar-refractivity contribution in [3.63, 3.8) is 0 Å². The van der Waals surface area contributed by atoms with Gasteiger partial charge in [-0.15, -0.1) is 0 Å². The van der Waals surface area contributed by atoms with E-state index in [9.17, 15) is 10.1 Å². The van der Waals surface area contributed by atoms with E-state index in [-0.39, 0.29) is 5.69 Å². The van der Waals surface area contributed by atoms with Gasteiger partial charge < -0.3 is 5.32 Å². The quantitative estimate of drug-likeness (QED) is 0.581. The van der Waals surface area contributed by atoms with Crippen LogP contribution in [0.2, 0.25) is 0 Å². The lowest BCUT2D eigenvalue weighted by atomic mass is 10.1. The summed E-state index contributed by atoms with van der Waals surface area (Å²) in [7, 11) is 0. The molecule has 0 aliphatic rings. The summed E-state index contributed by atoms with van der Waals surface area (Å²) in [5.41, 5.74) is 3.61. The normalized spacial score (nSPS) is 10.7. The Kier molecular flexibility index (Phi) is 3.53. The fraction of sp³-hybridized carbons (Fsp3) is 0.133. The first-order valence-corrected chi connectivity index (χ1v) is 7.39. The van der Waals surface area contributed by atoms with E-state index in [0.29, 0.717) is 12.2 Å². The zero-order valence-electron chi connectivity index (χ0n) is 11.4. The standard InChI is InChI=1S/C15H13N3O2S/c1-10-8-21-9-11(10)6-17-15-12-4-2-3-5-13(12)16-7-14(15)18(19)20/h2-5,7-9H,6H2,1H3,(H,16,17). The van der Waals surface area contributed by atoms with Gasteiger partial charge in [-0.1, -0.05) is 18.2 Å². The molecule has 106 valence electrons. The predicted octanol–water partition coefficient (Wildman–Crippen LogP) is 4.13. The fourth-order valence-electron chi connectivity index (χ4n) is 2.21. The average Bonchev–Trinajstić information content (AvgIpc) is 2.89. The van der Waals surface area contributed by atoms with Crippen LogP contribution in [0.1, 0.15) is 11.1 Å². The van der Waals surface area contributed by atoms with Crippen LogP contribution in [0, 0.1) is 17.0 Å². The van der Waals surface area contributed by atoms with Crippen molar-refractivity contribution in [3.05, 3.63) is 62.5 Å². The lowest BCUT2D eigenvalue weighted by Gasteiger charge is -2.10. The summed E-state index contributed by atoms with van der Waals surface area (Å²) in [6, 6.07) is 7.42. The number of nitrogens with one attached hydrogen (secondary N) is 1. The number of pyridine rings is 1. The highest BCUT2D eigenvalue weighted by atomic mass is 32.1. The van der Waals surface area contributed by atoms with Crippen molar-refractivity contribution in [1.29, 1.82) is 0 Å². The largest absolute Gasteiger partial charge is 0.375 e. The number of nitro groups is 1. The van der Waals surface area contributed by atoms with Gasteiger partial charge in [-0.05, 0) is 34.9 Å². The number of para-hydroxylation sites is 1. The Morgan fingerprint density at radius 1 is 1.33 bits per heavy atom. The molecule has 3 rings (SSSR count). The molecule has 2 aromatic heterocycles. The highest BCUT2D eigenvalue weighted by Gasteiger charge is 2.17. The Morgan fingerprint density at radius 3 is 2.86 bits per heavy atom. The molecule has 0 saturated heterocycles. The minimum absolute atomic E-state index is 0.00147. The van der Waals surface area contributed by atoms with Crippen LogP contribution in [0.5, 0.6) is 0 Å². The van der Waals surface area contributed by atoms with Crippen LogP contribution in [0.25, 0.3) is 10.9 Å². The molecule has 1 N–H and O–H groups in total. The van der Waals surface area contributed by atoms with E-state index < -0.39 is 4.92 Å². The Hall–Kier alpha value is -2.47. The summed E-state index contributed by atoms with van der Waals surface area (Å²) in [5, 5.41) is 19.3. The third kappa shape index (κ3) is 2.57. The van der Waals surface area contributed by atoms with Gasteiger partial charge in [0.2, 0.25) is 0 Å². The molecule has 5 nitrogen and oxygen atoms in total. The maximum atomic E-state index is 11.2. The van der Waals surface area contributed by atoms with Crippen molar-refractivity contribution in [2.75, 3.05) is 5.32 Å². The molecule has 2 heterocycles. The smallest absolute Gasteiger partial charge is 0.311 e. The zero-order chi connectivity index (χ0) is 14.8. The van der Waals surface area contributed by atoms with Crippen LogP contribution >= 0.6 is 11.3 Å². The first kappa shape index (κ1) is 13.5. The van der Waals surface area contributed by atoms with Gasteiger partial charge >= 0.3 is 5.69 Å². The van der Waals surface area contributed by atoms with E-state index in [1.165, 1.54) is 11.8 Å². The maximum absolute atomic E-state index is 11.2. The van der Waals surface area contributed by atoms with Crippen molar-refractivity contribution in [1.82, 2.24) is 4.98 Å². The van der Waals surface area contributed by atoms with Gasteiger partial charge in [0, 0.05) is 11.9 Å². The first-order valence-electron chi connectivity index (χ1n) is 6.44. The second-order valence-corrected chi connectivity index (χ2v) is 5.47. The number of hydrogen-bond acceptors (Lipinski definition) is 5. The molecule has 0 bridgehead atoms. The molecular weight excluding hydrogens is 286 g/mol. The van der Waals surface area contributed by atoms with Crippen molar-refractivity contribution in [3.8, 4) is 0 Å². The molecule has 0 aliphatic carbocycles. The molecule has 1 aromatic carbocycles. The summed E-state index contributed by atoms with van der Waals surface area (Å²) < 4.78 is 0. The van der Waals surface area contributed by atoms with Crippen LogP contribution in [0.15, 0.2) is 41.2 Å². The predicted molar refractivity (Wildman–Crippen MR) is 84.8 cm³/mol. The van der Waals surface area contributed by atoms with Gasteiger partial charge in [0.1, 0.15) is 11.9 Å². The molecule has 0 atom stereocenters. The lowest BCUT2D eigenvalue weighted by Crippen LogP contribution is -2.04. The van der Waals surface area contributed by atoms with E-state index in [1.807, 2.05) is 31.2 Å². The van der Waals surface area contributed by atoms with Gasteiger partial charge in [0.15, 0.2) is 0 Å². The van der Waals surface area contributed by atoms with Crippen LogP contribution in [-0.2, 0) is 6.54 Å². The SMILES string of the molecule is Cc1cscc1CNc1c([N+](=O)[O-])cnc2ccccc12. The Bertz CT molecular complexity index is 814. The molecule has 3 aromatic rings. The number of aryl methyl sites for hydroxylation is 1. The van der Waals surface area contributed by atoms with Gasteiger partial charge in [-0.3, -0.25) is 10.1 Å². The second kappa shape index (κ2) is 5.49. The summed E-state index contributed by atoms with van der Waals surface area (Å²) in [4.78, 5) is 15.0. The summed E-state index contributed by atoms with van der Waals surface area (Å²) >= 11 is 1.63. The molecule has 0 saturated carbocycles. The van der Waals surface area contributed by atoms with E-state index >= 15 is 0 Å². The minimum Gasteiger partial charge on any atom is -0.375 e. The Morgan fingerprint density at radius 2 is 2.14 bits per heavy atom. The monoisotopic (exact) mass is 299 g/mol. The van der Waals surface area contributed by atoms with Crippen LogP contribution in [-0.4, -0.2) is 9.91 Å². The second-order valence-electron chi connectivity index (χ2n) is 4.73. The summed E-state index contributed by atoms with van der Waals surface area (Å²) in [6.45, 7) is 2.59. The van der Waals surface area contributed by atoms with E-state index in [2.05, 4.69) is 21.1 Å². The van der Waals surface area contributed by atoms with E-state index in [0.717, 1.165) is 16.5 Å². The van der Waals surface area contributed by atoms with Crippen LogP contribution < -0.4 is 5.32 Å². The van der Waals surface area contributed by atoms with Crippen molar-refractivity contribution in [2.24, 2.45) is 0 Å². The number of fused-ring (bicyclic) bond motifs is 1. The zero-order valence-corrected chi connectivity index (χ0v) is 12.2. The number of hydrogen-bond donors (Lipinski definition) is 1. The summed E-state index contributed by atoms with van der Waals surface area (Å²) in [6.07, 6.45) is 1.31. The number of thiophene rings is 1. The molecule has 0 spiro atoms. The highest BCUT2D eigenvalue weighted by molar-refractivity contribution is 7.08. The molecule has 0 amide bonds. The first-order chi connectivity index (χ1) is 10.2. The molecule has 0 radical (unpaired) electrons. The van der Waals surface area contributed by atoms with E-state index in [1.54, 1.807) is 11.3 Å². The van der Waals surface area contributed by atoms with Crippen molar-refractivity contribution >= 4 is 33.6 Å². The Labute approximate surface area is 125 Å². The number of nitrogens with zero attached hydrogens (tertiary/aromatic N) is 2. The lowest BCUT2D eigenvalue weighted by molar-refractivity contribution is -0.384. The molecule has 0 fully saturated rings. The van der Waals surface area contributed by atoms with Crippen LogP contribution in [0.3, 0.4) is 0 Å². The Balaban J connectivity index is 2.04. The van der Waals surface area contributed by atoms with Crippen molar-refractivity contribution < 1.29 is 4.92 Å². The maximum Gasteiger partial charge on any atom is 0.311 e. The van der Waals surface area contributed by atoms with Gasteiger partial charge in [0.05, 0.1) is 10.4 Å². The van der Waals surface area contributed by atoms with Gasteiger partial charge in [-0.25, -0.2) is 4.98 Å². The number of anilines is 1. The van der Waals surface area contributed by atoms with Gasteiger partial charge in [0.25, 0.3) is 0 Å². The minimum atomic E-state index is -0.401. The number of benzene rings is 1. The third-order valence-corrected chi connectivity index (χ3v) is 4.28. The third-order valence-electron chi connectivity index (χ3n) is 3.37. The molecule has 21 heavy (non-hydrogen) atoms. The van der Waals surface area contributed by atoms with Gasteiger partial charge in [-0.2, -0.15) is 11.3 Å². The number of rotatable bonds is 4. The molecule has 0 aliphatic heterocycles. The summed E-state index contributed by atoms with van der Waals surface area (Å²) in [5.74, 6) is 0. The fourth-order valence-corrected chi connectivity index (χ4v) is 3.06. The number of aromatic nitrogens is 1. The topological polar surface area (TPSA) is 68.1 Å².